The number of aromatic hydroxyl groups is 2. The minimum atomic E-state index is -0.377. The van der Waals surface area contributed by atoms with E-state index < -0.39 is 0 Å². The van der Waals surface area contributed by atoms with Crippen molar-refractivity contribution in [2.24, 2.45) is 0 Å². The molecule has 0 saturated carbocycles. The Balaban J connectivity index is 2.86. The topological polar surface area (TPSA) is 66.5 Å². The summed E-state index contributed by atoms with van der Waals surface area (Å²) in [6.45, 7) is 1.91. The second kappa shape index (κ2) is 3.06. The van der Waals surface area contributed by atoms with Crippen molar-refractivity contribution in [3.05, 3.63) is 16.8 Å². The van der Waals surface area contributed by atoms with Crippen molar-refractivity contribution >= 4 is 22.6 Å². The van der Waals surface area contributed by atoms with Crippen molar-refractivity contribution in [1.29, 1.82) is 0 Å². The van der Waals surface area contributed by atoms with Gasteiger partial charge in [-0.3, -0.25) is 0 Å². The number of hydrogen-bond acceptors (Lipinski definition) is 4. The summed E-state index contributed by atoms with van der Waals surface area (Å²) >= 11 is 5.76. The second-order valence-corrected chi connectivity index (χ2v) is 3.30. The van der Waals surface area contributed by atoms with Gasteiger partial charge < -0.3 is 14.7 Å². The van der Waals surface area contributed by atoms with Crippen LogP contribution in [0.25, 0.3) is 11.0 Å². The van der Waals surface area contributed by atoms with Crippen LogP contribution >= 0.6 is 11.6 Å². The third kappa shape index (κ3) is 1.11. The number of halogens is 1. The normalized spacial score (nSPS) is 11.0. The maximum atomic E-state index is 9.33. The lowest BCUT2D eigenvalue weighted by Gasteiger charge is -1.99. The first-order valence-electron chi connectivity index (χ1n) is 4.13. The maximum Gasteiger partial charge on any atom is 0.189 e. The standard InChI is InChI=1S/C9H8ClNO3/c1-2-5-4-3-6(12)8(13)7(10)9(4)14-11-5/h3,12-13H,2H2,1H3. The molecule has 0 saturated heterocycles. The molecule has 0 fully saturated rings. The van der Waals surface area contributed by atoms with Gasteiger partial charge in [-0.05, 0) is 12.5 Å². The fourth-order valence-electron chi connectivity index (χ4n) is 1.32. The smallest absolute Gasteiger partial charge is 0.189 e. The number of fused-ring (bicyclic) bond motifs is 1. The van der Waals surface area contributed by atoms with Crippen molar-refractivity contribution in [2.45, 2.75) is 13.3 Å². The van der Waals surface area contributed by atoms with Crippen molar-refractivity contribution < 1.29 is 14.7 Å². The zero-order valence-electron chi connectivity index (χ0n) is 7.41. The average Bonchev–Trinajstić information content (AvgIpc) is 2.57. The summed E-state index contributed by atoms with van der Waals surface area (Å²) in [5.74, 6) is -0.640. The first-order chi connectivity index (χ1) is 6.65. The molecule has 0 atom stereocenters. The number of aryl methyl sites for hydroxylation is 1. The van der Waals surface area contributed by atoms with Crippen LogP contribution in [0.4, 0.5) is 0 Å². The number of rotatable bonds is 1. The van der Waals surface area contributed by atoms with Gasteiger partial charge in [0.2, 0.25) is 0 Å². The van der Waals surface area contributed by atoms with Crippen molar-refractivity contribution in [3.8, 4) is 11.5 Å². The molecule has 0 aliphatic heterocycles. The average molecular weight is 214 g/mol. The quantitative estimate of drug-likeness (QED) is 0.714. The molecule has 2 aromatic rings. The number of phenolic OH excluding ortho intramolecular Hbond substituents is 2. The SMILES string of the molecule is CCc1noc2c(Cl)c(O)c(O)cc12. The summed E-state index contributed by atoms with van der Waals surface area (Å²) in [5, 5.41) is 23.0. The van der Waals surface area contributed by atoms with Crippen LogP contribution in [-0.4, -0.2) is 15.4 Å². The van der Waals surface area contributed by atoms with Crippen LogP contribution in [-0.2, 0) is 6.42 Å². The zero-order chi connectivity index (χ0) is 10.3. The highest BCUT2D eigenvalue weighted by atomic mass is 35.5. The molecule has 0 aliphatic carbocycles. The Bertz CT molecular complexity index is 492. The highest BCUT2D eigenvalue weighted by molar-refractivity contribution is 6.36. The summed E-state index contributed by atoms with van der Waals surface area (Å²) in [6.07, 6.45) is 0.674. The van der Waals surface area contributed by atoms with E-state index in [1.807, 2.05) is 6.92 Å². The van der Waals surface area contributed by atoms with Crippen molar-refractivity contribution in [2.75, 3.05) is 0 Å². The molecule has 0 bridgehead atoms. The van der Waals surface area contributed by atoms with Gasteiger partial charge in [-0.1, -0.05) is 23.7 Å². The van der Waals surface area contributed by atoms with E-state index in [0.29, 0.717) is 23.1 Å². The van der Waals surface area contributed by atoms with Crippen LogP contribution in [0.15, 0.2) is 10.6 Å². The molecule has 2 N–H and O–H groups in total. The van der Waals surface area contributed by atoms with E-state index in [1.54, 1.807) is 0 Å². The summed E-state index contributed by atoms with van der Waals surface area (Å²) in [6, 6.07) is 1.39. The Morgan fingerprint density at radius 1 is 1.50 bits per heavy atom. The maximum absolute atomic E-state index is 9.33. The molecular weight excluding hydrogens is 206 g/mol. The molecule has 0 spiro atoms. The van der Waals surface area contributed by atoms with Crippen LogP contribution in [0.1, 0.15) is 12.6 Å². The van der Waals surface area contributed by atoms with Crippen LogP contribution in [0.2, 0.25) is 5.02 Å². The summed E-state index contributed by atoms with van der Waals surface area (Å²) in [4.78, 5) is 0. The van der Waals surface area contributed by atoms with E-state index in [-0.39, 0.29) is 16.5 Å². The third-order valence-electron chi connectivity index (χ3n) is 2.07. The highest BCUT2D eigenvalue weighted by Crippen LogP contribution is 2.40. The van der Waals surface area contributed by atoms with Gasteiger partial charge in [0.15, 0.2) is 17.1 Å². The summed E-state index contributed by atoms with van der Waals surface area (Å²) in [7, 11) is 0. The van der Waals surface area contributed by atoms with Crippen LogP contribution in [0.3, 0.4) is 0 Å². The number of benzene rings is 1. The highest BCUT2D eigenvalue weighted by Gasteiger charge is 2.16. The second-order valence-electron chi connectivity index (χ2n) is 2.92. The largest absolute Gasteiger partial charge is 0.504 e. The zero-order valence-corrected chi connectivity index (χ0v) is 8.17. The number of aromatic nitrogens is 1. The Morgan fingerprint density at radius 2 is 2.21 bits per heavy atom. The summed E-state index contributed by atoms with van der Waals surface area (Å²) in [5.41, 5.74) is 1.01. The number of hydrogen-bond donors (Lipinski definition) is 2. The first-order valence-corrected chi connectivity index (χ1v) is 4.51. The molecule has 0 radical (unpaired) electrons. The molecule has 5 heteroatoms. The molecule has 4 nitrogen and oxygen atoms in total. The van der Waals surface area contributed by atoms with Crippen LogP contribution in [0, 0.1) is 0 Å². The van der Waals surface area contributed by atoms with E-state index in [0.717, 1.165) is 0 Å². The van der Waals surface area contributed by atoms with Gasteiger partial charge in [0, 0.05) is 0 Å². The molecule has 0 aliphatic rings. The Kier molecular flexibility index (Phi) is 2.00. The first kappa shape index (κ1) is 9.15. The monoisotopic (exact) mass is 213 g/mol. The molecule has 0 amide bonds. The molecule has 1 heterocycles. The van der Waals surface area contributed by atoms with E-state index in [4.69, 9.17) is 16.1 Å². The number of nitrogens with zero attached hydrogens (tertiary/aromatic N) is 1. The Morgan fingerprint density at radius 3 is 2.86 bits per heavy atom. The van der Waals surface area contributed by atoms with E-state index in [2.05, 4.69) is 5.16 Å². The van der Waals surface area contributed by atoms with Crippen LogP contribution in [0.5, 0.6) is 11.5 Å². The minimum absolute atomic E-state index is 0.00722. The van der Waals surface area contributed by atoms with E-state index in [9.17, 15) is 10.2 Å². The van der Waals surface area contributed by atoms with Gasteiger partial charge in [-0.15, -0.1) is 0 Å². The Labute approximate surface area is 84.7 Å². The lowest BCUT2D eigenvalue weighted by Crippen LogP contribution is -1.79. The molecule has 2 rings (SSSR count). The van der Waals surface area contributed by atoms with Crippen molar-refractivity contribution in [1.82, 2.24) is 5.16 Å². The molecular formula is C9H8ClNO3. The van der Waals surface area contributed by atoms with Gasteiger partial charge in [-0.25, -0.2) is 0 Å². The fraction of sp³-hybridized carbons (Fsp3) is 0.222. The Hall–Kier alpha value is -1.42. The molecule has 74 valence electrons. The molecule has 1 aromatic heterocycles. The molecule has 1 aromatic carbocycles. The molecule has 14 heavy (non-hydrogen) atoms. The third-order valence-corrected chi connectivity index (χ3v) is 2.42. The van der Waals surface area contributed by atoms with Crippen LogP contribution < -0.4 is 0 Å². The van der Waals surface area contributed by atoms with E-state index >= 15 is 0 Å². The lowest BCUT2D eigenvalue weighted by molar-refractivity contribution is 0.402. The van der Waals surface area contributed by atoms with Gasteiger partial charge in [0.05, 0.1) is 11.1 Å². The van der Waals surface area contributed by atoms with E-state index in [1.165, 1.54) is 6.07 Å². The molecule has 0 unspecified atom stereocenters. The van der Waals surface area contributed by atoms with Gasteiger partial charge in [0.25, 0.3) is 0 Å². The van der Waals surface area contributed by atoms with Crippen molar-refractivity contribution in [3.63, 3.8) is 0 Å². The minimum Gasteiger partial charge on any atom is -0.504 e. The predicted octanol–water partition coefficient (Wildman–Crippen LogP) is 2.45. The lowest BCUT2D eigenvalue weighted by atomic mass is 10.1. The van der Waals surface area contributed by atoms with Gasteiger partial charge >= 0.3 is 0 Å². The van der Waals surface area contributed by atoms with Gasteiger partial charge in [-0.2, -0.15) is 0 Å². The predicted molar refractivity (Wildman–Crippen MR) is 51.7 cm³/mol. The number of phenols is 2. The fourth-order valence-corrected chi connectivity index (χ4v) is 1.55. The summed E-state index contributed by atoms with van der Waals surface area (Å²) < 4.78 is 4.95. The van der Waals surface area contributed by atoms with Gasteiger partial charge in [0.1, 0.15) is 5.02 Å².